The molecule has 0 unspecified atom stereocenters. The van der Waals surface area contributed by atoms with Gasteiger partial charge in [0.25, 0.3) is 0 Å². The molecule has 21 heavy (non-hydrogen) atoms. The third-order valence-electron chi connectivity index (χ3n) is 3.16. The molecule has 1 aromatic carbocycles. The zero-order chi connectivity index (χ0) is 15.0. The number of Topliss-reactive ketones (excluding diaryl/α,β-unsaturated/α-hetero) is 1. The number of hydrogen-bond acceptors (Lipinski definition) is 4. The van der Waals surface area contributed by atoms with E-state index < -0.39 is 0 Å². The Morgan fingerprint density at radius 3 is 2.71 bits per heavy atom. The fraction of sp³-hybridized carbons (Fsp3) is 0.133. The molecular weight excluding hydrogens is 308 g/mol. The number of thioether (sulfide) groups is 1. The van der Waals surface area contributed by atoms with Crippen molar-refractivity contribution in [3.05, 3.63) is 52.3 Å². The van der Waals surface area contributed by atoms with Crippen LogP contribution in [0.25, 0.3) is 5.57 Å². The van der Waals surface area contributed by atoms with E-state index in [1.54, 1.807) is 30.3 Å². The number of imidazole rings is 1. The Morgan fingerprint density at radius 2 is 2.05 bits per heavy atom. The van der Waals surface area contributed by atoms with Crippen molar-refractivity contribution in [2.24, 2.45) is 0 Å². The lowest BCUT2D eigenvalue weighted by Crippen LogP contribution is -2.02. The monoisotopic (exact) mass is 318 g/mol. The van der Waals surface area contributed by atoms with Gasteiger partial charge in [0, 0.05) is 10.6 Å². The summed E-state index contributed by atoms with van der Waals surface area (Å²) in [5, 5.41) is 1.19. The van der Waals surface area contributed by atoms with Gasteiger partial charge in [0.1, 0.15) is 5.69 Å². The number of carbonyl (C=O) groups is 2. The average molecular weight is 319 g/mol. The molecule has 6 heteroatoms. The molecule has 0 bridgehead atoms. The minimum absolute atomic E-state index is 0.00758. The lowest BCUT2D eigenvalue weighted by Gasteiger charge is -2.00. The highest BCUT2D eigenvalue weighted by Gasteiger charge is 2.23. The Kier molecular flexibility index (Phi) is 3.69. The maximum Gasteiger partial charge on any atom is 0.204 e. The van der Waals surface area contributed by atoms with Crippen molar-refractivity contribution in [1.82, 2.24) is 9.97 Å². The molecule has 1 aliphatic carbocycles. The molecule has 0 fully saturated rings. The molecular formula is C15H11ClN2O2S. The van der Waals surface area contributed by atoms with Crippen molar-refractivity contribution in [3.63, 3.8) is 0 Å². The van der Waals surface area contributed by atoms with E-state index in [0.717, 1.165) is 5.57 Å². The Balaban J connectivity index is 1.69. The first-order valence-electron chi connectivity index (χ1n) is 6.29. The van der Waals surface area contributed by atoms with Crippen LogP contribution in [0.15, 0.2) is 35.5 Å². The predicted molar refractivity (Wildman–Crippen MR) is 83.1 cm³/mol. The van der Waals surface area contributed by atoms with Crippen molar-refractivity contribution in [2.75, 3.05) is 5.75 Å². The lowest BCUT2D eigenvalue weighted by atomic mass is 10.1. The fourth-order valence-corrected chi connectivity index (χ4v) is 2.96. The molecule has 1 aromatic heterocycles. The van der Waals surface area contributed by atoms with Gasteiger partial charge in [-0.25, -0.2) is 4.98 Å². The summed E-state index contributed by atoms with van der Waals surface area (Å²) in [4.78, 5) is 31.0. The summed E-state index contributed by atoms with van der Waals surface area (Å²) >= 11 is 7.08. The van der Waals surface area contributed by atoms with Crippen LogP contribution < -0.4 is 0 Å². The normalized spacial score (nSPS) is 13.2. The molecule has 4 nitrogen and oxygen atoms in total. The average Bonchev–Trinajstić information content (AvgIpc) is 2.99. The molecule has 0 atom stereocenters. The highest BCUT2D eigenvalue weighted by Crippen LogP contribution is 2.28. The van der Waals surface area contributed by atoms with E-state index in [0.29, 0.717) is 27.1 Å². The first-order valence-corrected chi connectivity index (χ1v) is 7.65. The van der Waals surface area contributed by atoms with Crippen molar-refractivity contribution < 1.29 is 9.59 Å². The Bertz CT molecular complexity index is 762. The standard InChI is InChI=1S/C15H11ClN2O2S/c1-8-6-11(19)14-13(8)17-15(18-14)21-7-12(20)9-2-4-10(16)5-3-9/h2-6H,7H2,1H3,(H,17,18). The number of nitrogens with zero attached hydrogens (tertiary/aromatic N) is 1. The quantitative estimate of drug-likeness (QED) is 0.690. The van der Waals surface area contributed by atoms with Gasteiger partial charge in [0.2, 0.25) is 5.78 Å². The van der Waals surface area contributed by atoms with Crippen LogP contribution in [0.1, 0.15) is 33.5 Å². The number of rotatable bonds is 4. The van der Waals surface area contributed by atoms with E-state index in [4.69, 9.17) is 11.6 Å². The highest BCUT2D eigenvalue weighted by molar-refractivity contribution is 7.99. The van der Waals surface area contributed by atoms with Crippen molar-refractivity contribution in [3.8, 4) is 0 Å². The number of nitrogens with one attached hydrogen (secondary N) is 1. The minimum Gasteiger partial charge on any atom is -0.330 e. The summed E-state index contributed by atoms with van der Waals surface area (Å²) < 4.78 is 0. The van der Waals surface area contributed by atoms with E-state index in [9.17, 15) is 9.59 Å². The molecule has 1 N–H and O–H groups in total. The number of ketones is 2. The highest BCUT2D eigenvalue weighted by atomic mass is 35.5. The van der Waals surface area contributed by atoms with Crippen molar-refractivity contribution in [1.29, 1.82) is 0 Å². The van der Waals surface area contributed by atoms with Crippen LogP contribution in [0, 0.1) is 0 Å². The third-order valence-corrected chi connectivity index (χ3v) is 4.28. The maximum absolute atomic E-state index is 12.0. The first kappa shape index (κ1) is 14.1. The smallest absolute Gasteiger partial charge is 0.204 e. The number of H-pyrrole nitrogens is 1. The Hall–Kier alpha value is -1.85. The second-order valence-electron chi connectivity index (χ2n) is 4.68. The van der Waals surface area contributed by atoms with Gasteiger partial charge in [-0.15, -0.1) is 0 Å². The molecule has 0 spiro atoms. The molecule has 0 amide bonds. The van der Waals surface area contributed by atoms with Gasteiger partial charge in [-0.05, 0) is 42.8 Å². The van der Waals surface area contributed by atoms with E-state index in [-0.39, 0.29) is 17.3 Å². The summed E-state index contributed by atoms with van der Waals surface area (Å²) in [6.07, 6.45) is 1.56. The molecule has 3 rings (SSSR count). The van der Waals surface area contributed by atoms with Gasteiger partial charge in [0.15, 0.2) is 10.9 Å². The lowest BCUT2D eigenvalue weighted by molar-refractivity contribution is 0.102. The van der Waals surface area contributed by atoms with Gasteiger partial charge in [-0.1, -0.05) is 23.4 Å². The number of fused-ring (bicyclic) bond motifs is 1. The number of carbonyl (C=O) groups excluding carboxylic acids is 2. The van der Waals surface area contributed by atoms with Gasteiger partial charge in [0.05, 0.1) is 11.4 Å². The van der Waals surface area contributed by atoms with Gasteiger partial charge >= 0.3 is 0 Å². The van der Waals surface area contributed by atoms with E-state index in [2.05, 4.69) is 9.97 Å². The summed E-state index contributed by atoms with van der Waals surface area (Å²) in [5.74, 6) is 0.183. The molecule has 0 radical (unpaired) electrons. The fourth-order valence-electron chi connectivity index (χ4n) is 2.07. The number of benzene rings is 1. The van der Waals surface area contributed by atoms with Gasteiger partial charge < -0.3 is 4.98 Å². The Labute approximate surface area is 130 Å². The second kappa shape index (κ2) is 5.50. The Morgan fingerprint density at radius 1 is 1.33 bits per heavy atom. The number of hydrogen-bond donors (Lipinski definition) is 1. The van der Waals surface area contributed by atoms with Gasteiger partial charge in [-0.2, -0.15) is 0 Å². The summed E-state index contributed by atoms with van der Waals surface area (Å²) in [5.41, 5.74) is 2.65. The molecule has 0 saturated carbocycles. The van der Waals surface area contributed by atoms with E-state index in [1.165, 1.54) is 11.8 Å². The van der Waals surface area contributed by atoms with Crippen molar-refractivity contribution in [2.45, 2.75) is 12.1 Å². The predicted octanol–water partition coefficient (Wildman–Crippen LogP) is 3.64. The molecule has 1 heterocycles. The third kappa shape index (κ3) is 2.80. The van der Waals surface area contributed by atoms with Crippen molar-refractivity contribution >= 4 is 40.5 Å². The van der Waals surface area contributed by atoms with Crippen LogP contribution >= 0.6 is 23.4 Å². The summed E-state index contributed by atoms with van der Waals surface area (Å²) in [7, 11) is 0. The number of aromatic nitrogens is 2. The number of allylic oxidation sites excluding steroid dienone is 2. The van der Waals surface area contributed by atoms with Crippen LogP contribution in [0.2, 0.25) is 5.02 Å². The first-order chi connectivity index (χ1) is 10.0. The van der Waals surface area contributed by atoms with Crippen LogP contribution in [0.5, 0.6) is 0 Å². The molecule has 0 aliphatic heterocycles. The number of halogens is 1. The SMILES string of the molecule is CC1=CC(=O)c2[nH]c(SCC(=O)c3ccc(Cl)cc3)nc21. The molecule has 1 aliphatic rings. The second-order valence-corrected chi connectivity index (χ2v) is 6.08. The van der Waals surface area contributed by atoms with Crippen LogP contribution in [0.3, 0.4) is 0 Å². The minimum atomic E-state index is -0.0640. The van der Waals surface area contributed by atoms with Crippen LogP contribution in [-0.4, -0.2) is 27.3 Å². The largest absolute Gasteiger partial charge is 0.330 e. The van der Waals surface area contributed by atoms with Gasteiger partial charge in [-0.3, -0.25) is 9.59 Å². The van der Waals surface area contributed by atoms with E-state index in [1.807, 2.05) is 6.92 Å². The molecule has 2 aromatic rings. The molecule has 0 saturated heterocycles. The van der Waals surface area contributed by atoms with Crippen LogP contribution in [0.4, 0.5) is 0 Å². The molecule has 106 valence electrons. The number of aromatic amines is 1. The zero-order valence-electron chi connectivity index (χ0n) is 11.1. The topological polar surface area (TPSA) is 62.8 Å². The van der Waals surface area contributed by atoms with Crippen LogP contribution in [-0.2, 0) is 0 Å². The maximum atomic E-state index is 12.0. The summed E-state index contributed by atoms with van der Waals surface area (Å²) in [6.45, 7) is 1.85. The zero-order valence-corrected chi connectivity index (χ0v) is 12.7. The summed E-state index contributed by atoms with van der Waals surface area (Å²) in [6, 6.07) is 6.77. The van der Waals surface area contributed by atoms with E-state index >= 15 is 0 Å².